The zero-order valence-corrected chi connectivity index (χ0v) is 10.1. The number of hydrogen-bond acceptors (Lipinski definition) is 5. The van der Waals surface area contributed by atoms with Gasteiger partial charge >= 0.3 is 0 Å². The van der Waals surface area contributed by atoms with E-state index in [4.69, 9.17) is 16.3 Å². The zero-order valence-electron chi connectivity index (χ0n) is 10.1. The summed E-state index contributed by atoms with van der Waals surface area (Å²) in [6.45, 7) is 0. The maximum atomic E-state index is 11.8. The Labute approximate surface area is 113 Å². The zero-order chi connectivity index (χ0) is 14.7. The summed E-state index contributed by atoms with van der Waals surface area (Å²) in [7, 11) is 0. The minimum absolute atomic E-state index is 0.0242. The number of hydrogen-bond donors (Lipinski definition) is 2. The summed E-state index contributed by atoms with van der Waals surface area (Å²) in [6, 6.07) is 12.0. The van der Waals surface area contributed by atoms with Crippen LogP contribution in [0.15, 0.2) is 29.1 Å². The van der Waals surface area contributed by atoms with Crippen molar-refractivity contribution in [3.05, 3.63) is 51.3 Å². The molecule has 2 rings (SSSR count). The van der Waals surface area contributed by atoms with Crippen molar-refractivity contribution in [2.24, 2.45) is 0 Å². The minimum Gasteiger partial charge on any atom is -0.384 e. The number of benzene rings is 1. The van der Waals surface area contributed by atoms with E-state index >= 15 is 0 Å². The Hall–Kier alpha value is -3.56. The highest BCUT2D eigenvalue weighted by Gasteiger charge is 2.19. The predicted molar refractivity (Wildman–Crippen MR) is 71.1 cm³/mol. The highest BCUT2D eigenvalue weighted by Crippen LogP contribution is 2.30. The van der Waals surface area contributed by atoms with Crippen LogP contribution in [0, 0.1) is 34.0 Å². The number of pyridine rings is 1. The quantitative estimate of drug-likeness (QED) is 0.797. The molecule has 94 valence electrons. The number of nitrogen functional groups attached to an aromatic ring is 1. The topological polar surface area (TPSA) is 130 Å². The van der Waals surface area contributed by atoms with Crippen molar-refractivity contribution in [3.8, 4) is 29.3 Å². The second kappa shape index (κ2) is 4.97. The first-order valence-corrected chi connectivity index (χ1v) is 5.49. The van der Waals surface area contributed by atoms with Gasteiger partial charge in [0.25, 0.3) is 5.56 Å². The van der Waals surface area contributed by atoms with E-state index in [0.29, 0.717) is 5.56 Å². The molecule has 3 N–H and O–H groups in total. The molecule has 0 aliphatic rings. The molecule has 2 aromatic rings. The first-order chi connectivity index (χ1) is 9.63. The first-order valence-electron chi connectivity index (χ1n) is 5.49. The third kappa shape index (κ3) is 1.86. The van der Waals surface area contributed by atoms with Crippen molar-refractivity contribution in [1.29, 1.82) is 15.8 Å². The van der Waals surface area contributed by atoms with Gasteiger partial charge < -0.3 is 10.7 Å². The Morgan fingerprint density at radius 2 is 1.65 bits per heavy atom. The average Bonchev–Trinajstić information content (AvgIpc) is 2.46. The third-order valence-electron chi connectivity index (χ3n) is 2.79. The summed E-state index contributed by atoms with van der Waals surface area (Å²) < 4.78 is 0. The Morgan fingerprint density at radius 3 is 2.25 bits per heavy atom. The number of anilines is 1. The molecule has 20 heavy (non-hydrogen) atoms. The standard InChI is InChI=1S/C14H7N5O/c15-5-8-3-1-2-4-9(8)12-10(6-16)13(18)19-14(20)11(12)7-17/h1-4H,(H3,18,19,20). The second-order valence-electron chi connectivity index (χ2n) is 3.87. The van der Waals surface area contributed by atoms with E-state index < -0.39 is 5.56 Å². The van der Waals surface area contributed by atoms with E-state index in [9.17, 15) is 10.1 Å². The Kier molecular flexibility index (Phi) is 3.20. The van der Waals surface area contributed by atoms with Gasteiger partial charge in [-0.2, -0.15) is 15.8 Å². The van der Waals surface area contributed by atoms with E-state index in [1.165, 1.54) is 6.07 Å². The molecule has 0 amide bonds. The Balaban J connectivity index is 3.02. The lowest BCUT2D eigenvalue weighted by molar-refractivity contribution is 1.21. The predicted octanol–water partition coefficient (Wildman–Crippen LogP) is 1.24. The van der Waals surface area contributed by atoms with E-state index in [2.05, 4.69) is 4.98 Å². The SMILES string of the molecule is N#Cc1ccccc1-c1c(C#N)c(N)[nH]c(=O)c1C#N. The summed E-state index contributed by atoms with van der Waals surface area (Å²) in [5.74, 6) is -0.126. The van der Waals surface area contributed by atoms with Crippen molar-refractivity contribution in [2.75, 3.05) is 5.73 Å². The van der Waals surface area contributed by atoms with Crippen LogP contribution in [-0.2, 0) is 0 Å². The van der Waals surface area contributed by atoms with Gasteiger partial charge in [0, 0.05) is 11.1 Å². The summed E-state index contributed by atoms with van der Waals surface area (Å²) >= 11 is 0. The lowest BCUT2D eigenvalue weighted by atomic mass is 9.93. The van der Waals surface area contributed by atoms with Crippen LogP contribution < -0.4 is 11.3 Å². The van der Waals surface area contributed by atoms with Crippen molar-refractivity contribution < 1.29 is 0 Å². The van der Waals surface area contributed by atoms with Gasteiger partial charge in [-0.25, -0.2) is 0 Å². The molecule has 6 heteroatoms. The molecule has 0 unspecified atom stereocenters. The van der Waals surface area contributed by atoms with Crippen LogP contribution in [0.2, 0.25) is 0 Å². The first kappa shape index (κ1) is 12.9. The second-order valence-corrected chi connectivity index (χ2v) is 3.87. The fourth-order valence-corrected chi connectivity index (χ4v) is 1.91. The van der Waals surface area contributed by atoms with Crippen LogP contribution >= 0.6 is 0 Å². The van der Waals surface area contributed by atoms with E-state index in [1.54, 1.807) is 24.3 Å². The van der Waals surface area contributed by atoms with Crippen molar-refractivity contribution >= 4 is 5.82 Å². The molecule has 1 aromatic heterocycles. The van der Waals surface area contributed by atoms with Crippen molar-refractivity contribution in [3.63, 3.8) is 0 Å². The Bertz CT molecular complexity index is 874. The Morgan fingerprint density at radius 1 is 1.00 bits per heavy atom. The highest BCUT2D eigenvalue weighted by atomic mass is 16.1. The monoisotopic (exact) mass is 261 g/mol. The van der Waals surface area contributed by atoms with Crippen LogP contribution in [0.5, 0.6) is 0 Å². The molecule has 1 aromatic carbocycles. The lowest BCUT2D eigenvalue weighted by Gasteiger charge is -2.09. The van der Waals surface area contributed by atoms with Crippen LogP contribution in [0.3, 0.4) is 0 Å². The molecule has 0 saturated heterocycles. The van der Waals surface area contributed by atoms with Gasteiger partial charge in [0.15, 0.2) is 0 Å². The van der Waals surface area contributed by atoms with E-state index in [-0.39, 0.29) is 28.1 Å². The molecule has 0 aliphatic heterocycles. The van der Waals surface area contributed by atoms with Gasteiger partial charge in [-0.05, 0) is 6.07 Å². The summed E-state index contributed by atoms with van der Waals surface area (Å²) in [5, 5.41) is 27.4. The minimum atomic E-state index is -0.688. The van der Waals surface area contributed by atoms with Gasteiger partial charge in [-0.1, -0.05) is 18.2 Å². The molecule has 6 nitrogen and oxygen atoms in total. The number of aromatic amines is 1. The lowest BCUT2D eigenvalue weighted by Crippen LogP contribution is -2.16. The van der Waals surface area contributed by atoms with E-state index in [1.807, 2.05) is 12.1 Å². The number of nitriles is 3. The van der Waals surface area contributed by atoms with Crippen LogP contribution in [-0.4, -0.2) is 4.98 Å². The highest BCUT2D eigenvalue weighted by molar-refractivity contribution is 5.83. The summed E-state index contributed by atoms with van der Waals surface area (Å²) in [4.78, 5) is 14.0. The van der Waals surface area contributed by atoms with Gasteiger partial charge in [0.2, 0.25) is 0 Å². The third-order valence-corrected chi connectivity index (χ3v) is 2.79. The fraction of sp³-hybridized carbons (Fsp3) is 0. The maximum Gasteiger partial charge on any atom is 0.268 e. The molecule has 0 radical (unpaired) electrons. The number of rotatable bonds is 1. The van der Waals surface area contributed by atoms with Crippen molar-refractivity contribution in [2.45, 2.75) is 0 Å². The number of nitrogens with zero attached hydrogens (tertiary/aromatic N) is 3. The van der Waals surface area contributed by atoms with Crippen LogP contribution in [0.25, 0.3) is 11.1 Å². The fourth-order valence-electron chi connectivity index (χ4n) is 1.91. The molecule has 0 aliphatic carbocycles. The molecular weight excluding hydrogens is 254 g/mol. The molecular formula is C14H7N5O. The summed E-state index contributed by atoms with van der Waals surface area (Å²) in [5.41, 5.74) is 5.35. The number of nitrogens with two attached hydrogens (primary N) is 1. The maximum absolute atomic E-state index is 11.8. The molecule has 0 saturated carbocycles. The van der Waals surface area contributed by atoms with Crippen LogP contribution in [0.4, 0.5) is 5.82 Å². The van der Waals surface area contributed by atoms with Gasteiger partial charge in [0.1, 0.15) is 29.1 Å². The molecule has 0 atom stereocenters. The number of H-pyrrole nitrogens is 1. The molecule has 1 heterocycles. The molecule has 0 bridgehead atoms. The summed E-state index contributed by atoms with van der Waals surface area (Å²) in [6.07, 6.45) is 0. The number of nitrogens with one attached hydrogen (secondary N) is 1. The molecule has 0 spiro atoms. The van der Waals surface area contributed by atoms with E-state index in [0.717, 1.165) is 0 Å². The number of aromatic nitrogens is 1. The average molecular weight is 261 g/mol. The van der Waals surface area contributed by atoms with Gasteiger partial charge in [-0.15, -0.1) is 0 Å². The van der Waals surface area contributed by atoms with Gasteiger partial charge in [-0.3, -0.25) is 4.79 Å². The van der Waals surface area contributed by atoms with Crippen LogP contribution in [0.1, 0.15) is 16.7 Å². The smallest absolute Gasteiger partial charge is 0.268 e. The van der Waals surface area contributed by atoms with Gasteiger partial charge in [0.05, 0.1) is 11.6 Å². The normalized spacial score (nSPS) is 9.25. The van der Waals surface area contributed by atoms with Crippen molar-refractivity contribution in [1.82, 2.24) is 4.98 Å². The molecule has 0 fully saturated rings. The largest absolute Gasteiger partial charge is 0.384 e.